The van der Waals surface area contributed by atoms with Crippen LogP contribution in [0.2, 0.25) is 15.2 Å². The molecule has 0 aliphatic rings. The number of aromatic carboxylic acids is 1. The van der Waals surface area contributed by atoms with Crippen LogP contribution in [-0.2, 0) is 13.0 Å². The van der Waals surface area contributed by atoms with Gasteiger partial charge >= 0.3 is 5.97 Å². The second-order valence-electron chi connectivity index (χ2n) is 6.03. The van der Waals surface area contributed by atoms with E-state index in [1.165, 1.54) is 6.07 Å². The van der Waals surface area contributed by atoms with Crippen molar-refractivity contribution in [3.8, 4) is 11.3 Å². The second kappa shape index (κ2) is 8.35. The smallest absolute Gasteiger partial charge is 0.341 e. The molecule has 0 unspecified atom stereocenters. The lowest BCUT2D eigenvalue weighted by molar-refractivity contribution is 0.0695. The van der Waals surface area contributed by atoms with Crippen molar-refractivity contribution in [1.29, 1.82) is 0 Å². The van der Waals surface area contributed by atoms with Crippen molar-refractivity contribution in [2.45, 2.75) is 19.9 Å². The Morgan fingerprint density at radius 3 is 2.46 bits per heavy atom. The van der Waals surface area contributed by atoms with Gasteiger partial charge in [0.05, 0.1) is 15.7 Å². The minimum absolute atomic E-state index is 0.271. The summed E-state index contributed by atoms with van der Waals surface area (Å²) in [5, 5.41) is 10.6. The van der Waals surface area contributed by atoms with E-state index in [-0.39, 0.29) is 16.3 Å². The second-order valence-corrected chi connectivity index (χ2v) is 7.23. The van der Waals surface area contributed by atoms with Crippen molar-refractivity contribution in [3.05, 3.63) is 84.8 Å². The third-order valence-corrected chi connectivity index (χ3v) is 5.21. The first kappa shape index (κ1) is 20.4. The molecule has 0 radical (unpaired) electrons. The lowest BCUT2D eigenvalue weighted by Gasteiger charge is -2.20. The Kier molecular flexibility index (Phi) is 6.08. The third kappa shape index (κ3) is 4.07. The maximum atomic E-state index is 12.7. The Balaban J connectivity index is 2.28. The molecule has 2 heterocycles. The van der Waals surface area contributed by atoms with Gasteiger partial charge in [0.2, 0.25) is 0 Å². The quantitative estimate of drug-likeness (QED) is 0.558. The zero-order chi connectivity index (χ0) is 20.4. The molecule has 0 saturated carbocycles. The van der Waals surface area contributed by atoms with Crippen molar-refractivity contribution in [2.75, 3.05) is 0 Å². The molecule has 3 aromatic rings. The number of carbonyl (C=O) groups is 1. The molecule has 28 heavy (non-hydrogen) atoms. The molecule has 1 N–H and O–H groups in total. The van der Waals surface area contributed by atoms with Crippen LogP contribution in [0.4, 0.5) is 0 Å². The monoisotopic (exact) mass is 436 g/mol. The molecule has 3 rings (SSSR count). The van der Waals surface area contributed by atoms with Crippen LogP contribution < -0.4 is 5.43 Å². The molecule has 0 atom stereocenters. The molecular weight excluding hydrogens is 423 g/mol. The van der Waals surface area contributed by atoms with E-state index in [0.717, 1.165) is 0 Å². The number of pyridine rings is 2. The number of nitrogens with zero attached hydrogens (tertiary/aromatic N) is 2. The number of carboxylic acids is 1. The minimum atomic E-state index is -1.30. The van der Waals surface area contributed by atoms with Gasteiger partial charge in [0.25, 0.3) is 0 Å². The normalized spacial score (nSPS) is 10.9. The SMILES string of the molecule is CCn1c(Cc2cccc(Cl)n2)cc(=O)c(C(=O)O)c1-c1ccc(Cl)c(Cl)c1. The summed E-state index contributed by atoms with van der Waals surface area (Å²) in [6, 6.07) is 11.3. The zero-order valence-corrected chi connectivity index (χ0v) is 17.0. The summed E-state index contributed by atoms with van der Waals surface area (Å²) in [4.78, 5) is 28.8. The van der Waals surface area contributed by atoms with Gasteiger partial charge in [0, 0.05) is 36.0 Å². The Morgan fingerprint density at radius 1 is 1.11 bits per heavy atom. The maximum Gasteiger partial charge on any atom is 0.341 e. The average molecular weight is 438 g/mol. The number of halogens is 3. The van der Waals surface area contributed by atoms with Crippen LogP contribution >= 0.6 is 34.8 Å². The van der Waals surface area contributed by atoms with Crippen LogP contribution in [0.3, 0.4) is 0 Å². The summed E-state index contributed by atoms with van der Waals surface area (Å²) in [7, 11) is 0. The Morgan fingerprint density at radius 2 is 1.86 bits per heavy atom. The molecule has 0 aliphatic heterocycles. The van der Waals surface area contributed by atoms with Crippen molar-refractivity contribution >= 4 is 40.8 Å². The van der Waals surface area contributed by atoms with Crippen molar-refractivity contribution < 1.29 is 9.90 Å². The van der Waals surface area contributed by atoms with Crippen LogP contribution in [0.15, 0.2) is 47.3 Å². The summed E-state index contributed by atoms with van der Waals surface area (Å²) in [6.45, 7) is 2.30. The molecule has 0 bridgehead atoms. The van der Waals surface area contributed by atoms with Gasteiger partial charge in [0.15, 0.2) is 5.43 Å². The first-order valence-electron chi connectivity index (χ1n) is 8.38. The average Bonchev–Trinajstić information content (AvgIpc) is 2.63. The zero-order valence-electron chi connectivity index (χ0n) is 14.7. The van der Waals surface area contributed by atoms with Crippen LogP contribution in [0.5, 0.6) is 0 Å². The number of aromatic nitrogens is 2. The highest BCUT2D eigenvalue weighted by Crippen LogP contribution is 2.31. The molecule has 0 spiro atoms. The molecule has 144 valence electrons. The Labute approximate surface area is 176 Å². The fourth-order valence-electron chi connectivity index (χ4n) is 3.09. The van der Waals surface area contributed by atoms with Gasteiger partial charge in [0.1, 0.15) is 10.7 Å². The van der Waals surface area contributed by atoms with E-state index < -0.39 is 11.4 Å². The number of carboxylic acid groups (broad SMARTS) is 1. The number of rotatable bonds is 5. The summed E-state index contributed by atoms with van der Waals surface area (Å²) in [6.07, 6.45) is 0.317. The topological polar surface area (TPSA) is 72.2 Å². The van der Waals surface area contributed by atoms with Crippen LogP contribution in [-0.4, -0.2) is 20.6 Å². The fourth-order valence-corrected chi connectivity index (χ4v) is 3.57. The number of hydrogen-bond donors (Lipinski definition) is 1. The molecule has 1 aromatic carbocycles. The Bertz CT molecular complexity index is 1130. The van der Waals surface area contributed by atoms with Gasteiger partial charge in [-0.3, -0.25) is 4.79 Å². The van der Waals surface area contributed by atoms with E-state index in [1.54, 1.807) is 41.0 Å². The van der Waals surface area contributed by atoms with Gasteiger partial charge in [-0.05, 0) is 31.2 Å². The highest BCUT2D eigenvalue weighted by Gasteiger charge is 2.22. The van der Waals surface area contributed by atoms with Gasteiger partial charge in [-0.1, -0.05) is 46.9 Å². The molecule has 8 heteroatoms. The predicted octanol–water partition coefficient (Wildman–Crippen LogP) is 5.18. The third-order valence-electron chi connectivity index (χ3n) is 4.26. The largest absolute Gasteiger partial charge is 0.477 e. The van der Waals surface area contributed by atoms with E-state index in [0.29, 0.717) is 40.1 Å². The van der Waals surface area contributed by atoms with Crippen LogP contribution in [0.1, 0.15) is 28.7 Å². The standard InChI is InChI=1S/C20H15Cl3N2O3/c1-2-25-13(9-12-4-3-5-17(23)24-12)10-16(26)18(20(27)28)19(25)11-6-7-14(21)15(22)8-11/h3-8,10H,2,9H2,1H3,(H,27,28). The molecule has 5 nitrogen and oxygen atoms in total. The lowest BCUT2D eigenvalue weighted by Crippen LogP contribution is -2.23. The van der Waals surface area contributed by atoms with Crippen LogP contribution in [0.25, 0.3) is 11.3 Å². The number of hydrogen-bond acceptors (Lipinski definition) is 3. The molecule has 0 fully saturated rings. The van der Waals surface area contributed by atoms with E-state index in [4.69, 9.17) is 34.8 Å². The maximum absolute atomic E-state index is 12.7. The first-order chi connectivity index (χ1) is 13.3. The number of benzene rings is 1. The molecule has 0 amide bonds. The molecule has 0 saturated heterocycles. The van der Waals surface area contributed by atoms with E-state index >= 15 is 0 Å². The van der Waals surface area contributed by atoms with Crippen molar-refractivity contribution in [2.24, 2.45) is 0 Å². The highest BCUT2D eigenvalue weighted by molar-refractivity contribution is 6.42. The molecular formula is C20H15Cl3N2O3. The van der Waals surface area contributed by atoms with Gasteiger partial charge in [-0.2, -0.15) is 0 Å². The lowest BCUT2D eigenvalue weighted by atomic mass is 10.0. The summed E-state index contributed by atoms with van der Waals surface area (Å²) < 4.78 is 1.77. The van der Waals surface area contributed by atoms with Gasteiger partial charge < -0.3 is 9.67 Å². The van der Waals surface area contributed by atoms with Crippen molar-refractivity contribution in [1.82, 2.24) is 9.55 Å². The van der Waals surface area contributed by atoms with Gasteiger partial charge in [-0.15, -0.1) is 0 Å². The van der Waals surface area contributed by atoms with Crippen molar-refractivity contribution in [3.63, 3.8) is 0 Å². The van der Waals surface area contributed by atoms with Gasteiger partial charge in [-0.25, -0.2) is 9.78 Å². The minimum Gasteiger partial charge on any atom is -0.477 e. The fraction of sp³-hybridized carbons (Fsp3) is 0.150. The van der Waals surface area contributed by atoms with E-state index in [9.17, 15) is 14.7 Å². The Hall–Kier alpha value is -2.34. The summed E-state index contributed by atoms with van der Waals surface area (Å²) in [5.74, 6) is -1.30. The molecule has 2 aromatic heterocycles. The predicted molar refractivity (Wildman–Crippen MR) is 111 cm³/mol. The summed E-state index contributed by atoms with van der Waals surface area (Å²) in [5.41, 5.74) is 1.15. The van der Waals surface area contributed by atoms with E-state index in [1.807, 2.05) is 6.92 Å². The first-order valence-corrected chi connectivity index (χ1v) is 9.52. The van der Waals surface area contributed by atoms with E-state index in [2.05, 4.69) is 4.98 Å². The molecule has 0 aliphatic carbocycles. The van der Waals surface area contributed by atoms with Crippen LogP contribution in [0, 0.1) is 0 Å². The summed E-state index contributed by atoms with van der Waals surface area (Å²) >= 11 is 18.1. The highest BCUT2D eigenvalue weighted by atomic mass is 35.5.